The van der Waals surface area contributed by atoms with Crippen molar-refractivity contribution in [3.63, 3.8) is 0 Å². The second-order valence-electron chi connectivity index (χ2n) is 9.88. The van der Waals surface area contributed by atoms with Crippen LogP contribution in [-0.2, 0) is 0 Å². The van der Waals surface area contributed by atoms with Gasteiger partial charge in [-0.25, -0.2) is 0 Å². The summed E-state index contributed by atoms with van der Waals surface area (Å²) in [6.45, 7) is 0. The van der Waals surface area contributed by atoms with E-state index in [0.717, 1.165) is 11.4 Å². The molecule has 0 saturated heterocycles. The van der Waals surface area contributed by atoms with Gasteiger partial charge in [0.05, 0.1) is 0 Å². The quantitative estimate of drug-likeness (QED) is 0.249. The van der Waals surface area contributed by atoms with Crippen molar-refractivity contribution >= 4 is 32.9 Å². The number of para-hydroxylation sites is 1. The molecule has 0 aromatic heterocycles. The van der Waals surface area contributed by atoms with E-state index in [9.17, 15) is 0 Å². The maximum absolute atomic E-state index is 3.70. The van der Waals surface area contributed by atoms with E-state index in [1.165, 1.54) is 54.9 Å². The number of nitrogens with one attached hydrogen (secondary N) is 1. The van der Waals surface area contributed by atoms with Crippen molar-refractivity contribution < 1.29 is 0 Å². The van der Waals surface area contributed by atoms with E-state index in [1.54, 1.807) is 0 Å². The molecule has 0 amide bonds. The van der Waals surface area contributed by atoms with Crippen molar-refractivity contribution in [2.45, 2.75) is 0 Å². The zero-order valence-corrected chi connectivity index (χ0v) is 21.5. The van der Waals surface area contributed by atoms with Gasteiger partial charge < -0.3 is 5.32 Å². The highest BCUT2D eigenvalue weighted by atomic mass is 14.9. The Morgan fingerprint density at radius 1 is 0.333 bits per heavy atom. The van der Waals surface area contributed by atoms with E-state index in [2.05, 4.69) is 157 Å². The Kier molecular flexibility index (Phi) is 5.88. The minimum absolute atomic E-state index is 1.07. The molecule has 7 rings (SSSR count). The summed E-state index contributed by atoms with van der Waals surface area (Å²) in [5, 5.41) is 8.75. The second kappa shape index (κ2) is 9.96. The predicted octanol–water partition coefficient (Wildman–Crippen LogP) is 10.7. The lowest BCUT2D eigenvalue weighted by atomic mass is 9.93. The molecule has 1 N–H and O–H groups in total. The number of rotatable bonds is 5. The standard InChI is InChI=1S/C38H27N/c1-2-14-32(15-3-1)39-38-26-31(36-19-9-13-28-11-5-7-17-34(28)36)24-25-37(38)30-22-20-29(21-23-30)35-18-8-12-27-10-4-6-16-33(27)35/h1-26,39H. The highest BCUT2D eigenvalue weighted by Crippen LogP contribution is 2.38. The zero-order valence-electron chi connectivity index (χ0n) is 21.5. The third kappa shape index (κ3) is 4.45. The molecule has 1 heteroatoms. The first-order valence-electron chi connectivity index (χ1n) is 13.4. The Hall–Kier alpha value is -5.14. The molecule has 0 spiro atoms. The predicted molar refractivity (Wildman–Crippen MR) is 167 cm³/mol. The van der Waals surface area contributed by atoms with Crippen molar-refractivity contribution in [3.05, 3.63) is 158 Å². The summed E-state index contributed by atoms with van der Waals surface area (Å²) in [6, 6.07) is 56.3. The number of hydrogen-bond donors (Lipinski definition) is 1. The Morgan fingerprint density at radius 3 is 1.46 bits per heavy atom. The van der Waals surface area contributed by atoms with Crippen molar-refractivity contribution in [3.8, 4) is 33.4 Å². The van der Waals surface area contributed by atoms with E-state index in [1.807, 2.05) is 6.07 Å². The summed E-state index contributed by atoms with van der Waals surface area (Å²) in [5.74, 6) is 0. The molecule has 0 aliphatic carbocycles. The minimum atomic E-state index is 1.07. The first-order valence-corrected chi connectivity index (χ1v) is 13.4. The number of anilines is 2. The second-order valence-corrected chi connectivity index (χ2v) is 9.88. The van der Waals surface area contributed by atoms with Crippen molar-refractivity contribution in [2.75, 3.05) is 5.32 Å². The van der Waals surface area contributed by atoms with Crippen LogP contribution in [0.2, 0.25) is 0 Å². The fourth-order valence-electron chi connectivity index (χ4n) is 5.53. The van der Waals surface area contributed by atoms with E-state index >= 15 is 0 Å². The number of hydrogen-bond acceptors (Lipinski definition) is 1. The lowest BCUT2D eigenvalue weighted by Gasteiger charge is -2.16. The van der Waals surface area contributed by atoms with Crippen LogP contribution < -0.4 is 5.32 Å². The Morgan fingerprint density at radius 2 is 0.821 bits per heavy atom. The molecule has 0 radical (unpaired) electrons. The fourth-order valence-corrected chi connectivity index (χ4v) is 5.53. The summed E-state index contributed by atoms with van der Waals surface area (Å²) in [5.41, 5.74) is 9.43. The smallest absolute Gasteiger partial charge is 0.0470 e. The van der Waals surface area contributed by atoms with Crippen molar-refractivity contribution in [1.82, 2.24) is 0 Å². The maximum Gasteiger partial charge on any atom is 0.0470 e. The monoisotopic (exact) mass is 497 g/mol. The molecular formula is C38H27N. The molecule has 0 unspecified atom stereocenters. The van der Waals surface area contributed by atoms with E-state index in [-0.39, 0.29) is 0 Å². The number of benzene rings is 7. The molecule has 184 valence electrons. The summed E-state index contributed by atoms with van der Waals surface area (Å²) in [7, 11) is 0. The van der Waals surface area contributed by atoms with Crippen LogP contribution in [0.1, 0.15) is 0 Å². The molecule has 7 aromatic carbocycles. The number of fused-ring (bicyclic) bond motifs is 2. The van der Waals surface area contributed by atoms with Crippen molar-refractivity contribution in [2.24, 2.45) is 0 Å². The van der Waals surface area contributed by atoms with E-state index in [0.29, 0.717) is 0 Å². The van der Waals surface area contributed by atoms with Gasteiger partial charge in [0.25, 0.3) is 0 Å². The van der Waals surface area contributed by atoms with E-state index < -0.39 is 0 Å². The molecule has 0 fully saturated rings. The molecule has 0 heterocycles. The van der Waals surface area contributed by atoms with Crippen molar-refractivity contribution in [1.29, 1.82) is 0 Å². The molecular weight excluding hydrogens is 470 g/mol. The summed E-state index contributed by atoms with van der Waals surface area (Å²) in [6.07, 6.45) is 0. The SMILES string of the molecule is c1ccc(Nc2cc(-c3cccc4ccccc34)ccc2-c2ccc(-c3cccc4ccccc34)cc2)cc1. The normalized spacial score (nSPS) is 11.1. The minimum Gasteiger partial charge on any atom is -0.355 e. The molecule has 0 bridgehead atoms. The van der Waals surface area contributed by atoms with Crippen LogP contribution >= 0.6 is 0 Å². The molecule has 1 nitrogen and oxygen atoms in total. The largest absolute Gasteiger partial charge is 0.355 e. The van der Waals surface area contributed by atoms with Crippen LogP contribution in [-0.4, -0.2) is 0 Å². The zero-order chi connectivity index (χ0) is 26.0. The van der Waals surface area contributed by atoms with Gasteiger partial charge in [-0.05, 0) is 67.6 Å². The van der Waals surface area contributed by atoms with Crippen LogP contribution in [0, 0.1) is 0 Å². The molecule has 0 atom stereocenters. The highest BCUT2D eigenvalue weighted by molar-refractivity contribution is 5.99. The molecule has 39 heavy (non-hydrogen) atoms. The average Bonchev–Trinajstić information content (AvgIpc) is 3.01. The molecule has 0 saturated carbocycles. The van der Waals surface area contributed by atoms with Crippen LogP contribution in [0.15, 0.2) is 158 Å². The van der Waals surface area contributed by atoms with Crippen LogP contribution in [0.3, 0.4) is 0 Å². The van der Waals surface area contributed by atoms with Gasteiger partial charge in [0.2, 0.25) is 0 Å². The van der Waals surface area contributed by atoms with E-state index in [4.69, 9.17) is 0 Å². The van der Waals surface area contributed by atoms with Gasteiger partial charge in [0.15, 0.2) is 0 Å². The van der Waals surface area contributed by atoms with Gasteiger partial charge in [-0.1, -0.05) is 140 Å². The topological polar surface area (TPSA) is 12.0 Å². The highest BCUT2D eigenvalue weighted by Gasteiger charge is 2.11. The van der Waals surface area contributed by atoms with Gasteiger partial charge in [-0.3, -0.25) is 0 Å². The maximum atomic E-state index is 3.70. The van der Waals surface area contributed by atoms with Crippen LogP contribution in [0.25, 0.3) is 54.9 Å². The van der Waals surface area contributed by atoms with Gasteiger partial charge in [-0.15, -0.1) is 0 Å². The summed E-state index contributed by atoms with van der Waals surface area (Å²) in [4.78, 5) is 0. The Bertz CT molecular complexity index is 1910. The fraction of sp³-hybridized carbons (Fsp3) is 0. The van der Waals surface area contributed by atoms with Crippen LogP contribution in [0.5, 0.6) is 0 Å². The third-order valence-corrected chi connectivity index (χ3v) is 7.47. The van der Waals surface area contributed by atoms with Gasteiger partial charge in [-0.2, -0.15) is 0 Å². The molecule has 0 aliphatic rings. The van der Waals surface area contributed by atoms with Crippen LogP contribution in [0.4, 0.5) is 11.4 Å². The average molecular weight is 498 g/mol. The summed E-state index contributed by atoms with van der Waals surface area (Å²) >= 11 is 0. The van der Waals surface area contributed by atoms with Gasteiger partial charge in [0.1, 0.15) is 0 Å². The molecule has 0 aliphatic heterocycles. The Labute approximate surface area is 229 Å². The third-order valence-electron chi connectivity index (χ3n) is 7.47. The molecule has 7 aromatic rings. The first kappa shape index (κ1) is 23.0. The summed E-state index contributed by atoms with van der Waals surface area (Å²) < 4.78 is 0. The lowest BCUT2D eigenvalue weighted by Crippen LogP contribution is -1.95. The van der Waals surface area contributed by atoms with Gasteiger partial charge >= 0.3 is 0 Å². The Balaban J connectivity index is 1.33. The lowest BCUT2D eigenvalue weighted by molar-refractivity contribution is 1.53. The first-order chi connectivity index (χ1) is 19.3. The van der Waals surface area contributed by atoms with Gasteiger partial charge in [0, 0.05) is 16.9 Å².